The number of carbonyl (C=O) groups excluding carboxylic acids is 1. The summed E-state index contributed by atoms with van der Waals surface area (Å²) in [5, 5.41) is 0. The van der Waals surface area contributed by atoms with E-state index in [1.807, 2.05) is 6.92 Å². The molecule has 0 aromatic heterocycles. The van der Waals surface area contributed by atoms with Crippen molar-refractivity contribution >= 4 is 18.4 Å². The van der Waals surface area contributed by atoms with Crippen molar-refractivity contribution in [1.82, 2.24) is 0 Å². The van der Waals surface area contributed by atoms with Crippen LogP contribution in [0, 0.1) is 0 Å². The van der Waals surface area contributed by atoms with Crippen LogP contribution in [0.15, 0.2) is 0 Å². The maximum Gasteiger partial charge on any atom is 0.322 e. The number of ether oxygens (including phenoxy) is 1. The van der Waals surface area contributed by atoms with Gasteiger partial charge in [-0.2, -0.15) is 0 Å². The van der Waals surface area contributed by atoms with Gasteiger partial charge < -0.3 is 10.5 Å². The number of hydrogen-bond donors (Lipinski definition) is 1. The second kappa shape index (κ2) is 7.82. The van der Waals surface area contributed by atoms with Gasteiger partial charge in [-0.15, -0.1) is 12.4 Å². The first-order valence-electron chi connectivity index (χ1n) is 3.64. The molecule has 0 rings (SSSR count). The molecule has 1 atom stereocenters. The van der Waals surface area contributed by atoms with Gasteiger partial charge in [0, 0.05) is 0 Å². The summed E-state index contributed by atoms with van der Waals surface area (Å²) in [6, 6.07) is -0.426. The Morgan fingerprint density at radius 2 is 2.09 bits per heavy atom. The van der Waals surface area contributed by atoms with Crippen LogP contribution in [0.4, 0.5) is 0 Å². The van der Waals surface area contributed by atoms with Gasteiger partial charge in [-0.25, -0.2) is 0 Å². The molecule has 0 fully saturated rings. The second-order valence-corrected chi connectivity index (χ2v) is 2.15. The van der Waals surface area contributed by atoms with E-state index in [0.29, 0.717) is 13.0 Å². The van der Waals surface area contributed by atoms with Crippen molar-refractivity contribution in [2.75, 3.05) is 6.61 Å². The first-order chi connectivity index (χ1) is 4.72. The minimum atomic E-state index is -0.426. The van der Waals surface area contributed by atoms with Gasteiger partial charge in [0.05, 0.1) is 6.61 Å². The zero-order chi connectivity index (χ0) is 7.98. The van der Waals surface area contributed by atoms with Crippen molar-refractivity contribution < 1.29 is 9.53 Å². The summed E-state index contributed by atoms with van der Waals surface area (Å²) in [4.78, 5) is 10.8. The van der Waals surface area contributed by atoms with Gasteiger partial charge in [0.15, 0.2) is 0 Å². The predicted octanol–water partition coefficient (Wildman–Crippen LogP) is 1.10. The first kappa shape index (κ1) is 13.3. The summed E-state index contributed by atoms with van der Waals surface area (Å²) in [5.74, 6) is -0.288. The van der Waals surface area contributed by atoms with Gasteiger partial charge in [-0.05, 0) is 13.3 Å². The Balaban J connectivity index is 0. The number of nitrogens with two attached hydrogens (primary N) is 1. The largest absolute Gasteiger partial charge is 0.465 e. The van der Waals surface area contributed by atoms with Crippen LogP contribution < -0.4 is 5.73 Å². The number of carbonyl (C=O) groups is 1. The Morgan fingerprint density at radius 3 is 2.45 bits per heavy atom. The zero-order valence-corrected chi connectivity index (χ0v) is 7.82. The van der Waals surface area contributed by atoms with Crippen molar-refractivity contribution in [1.29, 1.82) is 0 Å². The third-order valence-electron chi connectivity index (χ3n) is 1.19. The van der Waals surface area contributed by atoms with Crippen molar-refractivity contribution in [3.63, 3.8) is 0 Å². The van der Waals surface area contributed by atoms with E-state index in [4.69, 9.17) is 10.5 Å². The SMILES string of the molecule is CCC[C@@H](N)C(=O)OCC.Cl. The van der Waals surface area contributed by atoms with Crippen LogP contribution >= 0.6 is 12.4 Å². The van der Waals surface area contributed by atoms with E-state index in [0.717, 1.165) is 6.42 Å². The molecule has 0 heterocycles. The highest BCUT2D eigenvalue weighted by molar-refractivity contribution is 5.85. The predicted molar refractivity (Wildman–Crippen MR) is 46.8 cm³/mol. The van der Waals surface area contributed by atoms with Crippen LogP contribution in [0.3, 0.4) is 0 Å². The third kappa shape index (κ3) is 6.13. The van der Waals surface area contributed by atoms with E-state index in [9.17, 15) is 4.79 Å². The van der Waals surface area contributed by atoms with E-state index in [-0.39, 0.29) is 18.4 Å². The highest BCUT2D eigenvalue weighted by Crippen LogP contribution is 1.95. The molecule has 0 bridgehead atoms. The minimum absolute atomic E-state index is 0. The van der Waals surface area contributed by atoms with Crippen LogP contribution in [-0.2, 0) is 9.53 Å². The summed E-state index contributed by atoms with van der Waals surface area (Å²) >= 11 is 0. The van der Waals surface area contributed by atoms with Gasteiger partial charge in [0.25, 0.3) is 0 Å². The minimum Gasteiger partial charge on any atom is -0.465 e. The van der Waals surface area contributed by atoms with Crippen LogP contribution in [0.25, 0.3) is 0 Å². The lowest BCUT2D eigenvalue weighted by Crippen LogP contribution is -2.31. The Morgan fingerprint density at radius 1 is 1.55 bits per heavy atom. The molecular weight excluding hydrogens is 166 g/mol. The maximum atomic E-state index is 10.8. The topological polar surface area (TPSA) is 52.3 Å². The number of hydrogen-bond acceptors (Lipinski definition) is 3. The van der Waals surface area contributed by atoms with E-state index < -0.39 is 6.04 Å². The number of rotatable bonds is 4. The fourth-order valence-corrected chi connectivity index (χ4v) is 0.678. The molecule has 0 aliphatic rings. The Kier molecular flexibility index (Phi) is 9.47. The van der Waals surface area contributed by atoms with E-state index in [1.54, 1.807) is 6.92 Å². The van der Waals surface area contributed by atoms with Gasteiger partial charge in [0.1, 0.15) is 6.04 Å². The molecule has 11 heavy (non-hydrogen) atoms. The van der Waals surface area contributed by atoms with Gasteiger partial charge in [0.2, 0.25) is 0 Å². The quantitative estimate of drug-likeness (QED) is 0.661. The number of halogens is 1. The first-order valence-corrected chi connectivity index (χ1v) is 3.64. The molecule has 0 aromatic rings. The summed E-state index contributed by atoms with van der Waals surface area (Å²) in [5.41, 5.74) is 5.44. The molecule has 0 radical (unpaired) electrons. The normalized spacial score (nSPS) is 11.5. The standard InChI is InChI=1S/C7H15NO2.ClH/c1-3-5-6(8)7(9)10-4-2;/h6H,3-5,8H2,1-2H3;1H/t6-;/m1./s1. The molecule has 0 aliphatic heterocycles. The molecule has 0 amide bonds. The average Bonchev–Trinajstić information content (AvgIpc) is 1.89. The highest BCUT2D eigenvalue weighted by atomic mass is 35.5. The van der Waals surface area contributed by atoms with Gasteiger partial charge in [-0.1, -0.05) is 13.3 Å². The van der Waals surface area contributed by atoms with Crippen LogP contribution in [-0.4, -0.2) is 18.6 Å². The lowest BCUT2D eigenvalue weighted by atomic mass is 10.2. The van der Waals surface area contributed by atoms with Crippen molar-refractivity contribution in [2.45, 2.75) is 32.7 Å². The lowest BCUT2D eigenvalue weighted by Gasteiger charge is -2.07. The van der Waals surface area contributed by atoms with Crippen LogP contribution in [0.1, 0.15) is 26.7 Å². The fourth-order valence-electron chi connectivity index (χ4n) is 0.678. The second-order valence-electron chi connectivity index (χ2n) is 2.15. The smallest absolute Gasteiger partial charge is 0.322 e. The van der Waals surface area contributed by atoms with Crippen molar-refractivity contribution in [2.24, 2.45) is 5.73 Å². The highest BCUT2D eigenvalue weighted by Gasteiger charge is 2.11. The summed E-state index contributed by atoms with van der Waals surface area (Å²) in [6.07, 6.45) is 1.62. The molecule has 68 valence electrons. The fraction of sp³-hybridized carbons (Fsp3) is 0.857. The molecule has 0 aromatic carbocycles. The van der Waals surface area contributed by atoms with E-state index >= 15 is 0 Å². The van der Waals surface area contributed by atoms with E-state index in [1.165, 1.54) is 0 Å². The molecule has 3 nitrogen and oxygen atoms in total. The lowest BCUT2D eigenvalue weighted by molar-refractivity contribution is -0.144. The van der Waals surface area contributed by atoms with Crippen LogP contribution in [0.2, 0.25) is 0 Å². The molecule has 0 saturated heterocycles. The summed E-state index contributed by atoms with van der Waals surface area (Å²) < 4.78 is 4.69. The van der Waals surface area contributed by atoms with Gasteiger partial charge >= 0.3 is 5.97 Å². The summed E-state index contributed by atoms with van der Waals surface area (Å²) in [6.45, 7) is 4.17. The van der Waals surface area contributed by atoms with Gasteiger partial charge in [-0.3, -0.25) is 4.79 Å². The molecule has 2 N–H and O–H groups in total. The monoisotopic (exact) mass is 181 g/mol. The van der Waals surface area contributed by atoms with Crippen molar-refractivity contribution in [3.8, 4) is 0 Å². The summed E-state index contributed by atoms with van der Waals surface area (Å²) in [7, 11) is 0. The molecule has 0 aliphatic carbocycles. The molecule has 0 saturated carbocycles. The Labute approximate surface area is 73.7 Å². The molecule has 4 heteroatoms. The Bertz CT molecular complexity index is 109. The number of esters is 1. The maximum absolute atomic E-state index is 10.8. The Hall–Kier alpha value is -0.280. The zero-order valence-electron chi connectivity index (χ0n) is 7.00. The van der Waals surface area contributed by atoms with Crippen LogP contribution in [0.5, 0.6) is 0 Å². The molecule has 0 spiro atoms. The van der Waals surface area contributed by atoms with Crippen molar-refractivity contribution in [3.05, 3.63) is 0 Å². The molecular formula is C7H16ClNO2. The third-order valence-corrected chi connectivity index (χ3v) is 1.19. The average molecular weight is 182 g/mol. The molecule has 0 unspecified atom stereocenters. The van der Waals surface area contributed by atoms with E-state index in [2.05, 4.69) is 0 Å².